The quantitative estimate of drug-likeness (QED) is 0.893. The summed E-state index contributed by atoms with van der Waals surface area (Å²) in [6.07, 6.45) is 0.855. The molecule has 2 aliphatic heterocycles. The van der Waals surface area contributed by atoms with Gasteiger partial charge in [0.2, 0.25) is 10.0 Å². The summed E-state index contributed by atoms with van der Waals surface area (Å²) in [4.78, 5) is 11.4. The molecule has 3 rings (SSSR count). The molecule has 0 aromatic heterocycles. The summed E-state index contributed by atoms with van der Waals surface area (Å²) in [7, 11) is -3.77. The summed E-state index contributed by atoms with van der Waals surface area (Å²) in [5.74, 6) is -0.445. The Kier molecular flexibility index (Phi) is 3.85. The lowest BCUT2D eigenvalue weighted by molar-refractivity contribution is -0.146. The maximum absolute atomic E-state index is 12.8. The van der Waals surface area contributed by atoms with Crippen LogP contribution in [0.3, 0.4) is 0 Å². The van der Waals surface area contributed by atoms with Gasteiger partial charge in [-0.25, -0.2) is 8.42 Å². The molecule has 1 fully saturated rings. The van der Waals surface area contributed by atoms with Gasteiger partial charge >= 0.3 is 5.97 Å². The zero-order valence-corrected chi connectivity index (χ0v) is 14.4. The first kappa shape index (κ1) is 16.5. The van der Waals surface area contributed by atoms with Crippen LogP contribution in [-0.2, 0) is 21.2 Å². The van der Waals surface area contributed by atoms with Gasteiger partial charge in [-0.05, 0) is 32.4 Å². The average molecular weight is 360 g/mol. The second-order valence-electron chi connectivity index (χ2n) is 6.48. The normalized spacial score (nSPS) is 27.7. The van der Waals surface area contributed by atoms with Crippen molar-refractivity contribution < 1.29 is 23.1 Å². The van der Waals surface area contributed by atoms with Gasteiger partial charge in [-0.15, -0.1) is 0 Å². The molecule has 8 heteroatoms. The molecule has 1 saturated heterocycles. The Balaban J connectivity index is 1.95. The lowest BCUT2D eigenvalue weighted by atomic mass is 9.90. The minimum absolute atomic E-state index is 0.0354. The maximum Gasteiger partial charge on any atom is 0.310 e. The second kappa shape index (κ2) is 5.36. The molecule has 0 saturated carbocycles. The van der Waals surface area contributed by atoms with Crippen molar-refractivity contribution in [3.8, 4) is 5.75 Å². The number of hydrogen-bond acceptors (Lipinski definition) is 4. The third kappa shape index (κ3) is 2.70. The number of aliphatic carboxylic acids is 1. The third-order valence-corrected chi connectivity index (χ3v) is 6.62. The molecular weight excluding hydrogens is 342 g/mol. The molecular formula is C15H18ClNO5S. The van der Waals surface area contributed by atoms with Crippen molar-refractivity contribution >= 4 is 27.6 Å². The fourth-order valence-electron chi connectivity index (χ4n) is 3.06. The highest BCUT2D eigenvalue weighted by Crippen LogP contribution is 2.40. The van der Waals surface area contributed by atoms with Crippen LogP contribution >= 0.6 is 11.6 Å². The van der Waals surface area contributed by atoms with E-state index in [1.165, 1.54) is 10.4 Å². The highest BCUT2D eigenvalue weighted by atomic mass is 35.5. The SMILES string of the molecule is CC1Cc2cc(S(=O)(=O)N3CCC(C)(C(=O)O)C3)cc(Cl)c2O1. The van der Waals surface area contributed by atoms with Gasteiger partial charge in [0, 0.05) is 25.1 Å². The summed E-state index contributed by atoms with van der Waals surface area (Å²) in [5.41, 5.74) is -0.283. The van der Waals surface area contributed by atoms with Gasteiger partial charge in [0.15, 0.2) is 0 Å². The minimum atomic E-state index is -3.77. The van der Waals surface area contributed by atoms with E-state index in [-0.39, 0.29) is 29.1 Å². The van der Waals surface area contributed by atoms with Crippen molar-refractivity contribution in [3.63, 3.8) is 0 Å². The first-order chi connectivity index (χ1) is 10.6. The third-order valence-electron chi connectivity index (χ3n) is 4.51. The van der Waals surface area contributed by atoms with Crippen molar-refractivity contribution in [1.82, 2.24) is 4.31 Å². The number of fused-ring (bicyclic) bond motifs is 1. The van der Waals surface area contributed by atoms with Gasteiger partial charge in [0.25, 0.3) is 0 Å². The number of benzene rings is 1. The fourth-order valence-corrected chi connectivity index (χ4v) is 5.05. The molecule has 2 unspecified atom stereocenters. The Labute approximate surface area is 140 Å². The Morgan fingerprint density at radius 2 is 2.17 bits per heavy atom. The molecule has 2 heterocycles. The number of nitrogens with zero attached hydrogens (tertiary/aromatic N) is 1. The van der Waals surface area contributed by atoms with Crippen LogP contribution in [0.5, 0.6) is 5.75 Å². The van der Waals surface area contributed by atoms with Gasteiger partial charge < -0.3 is 9.84 Å². The molecule has 0 spiro atoms. The summed E-state index contributed by atoms with van der Waals surface area (Å²) in [6.45, 7) is 3.61. The molecule has 1 aromatic rings. The number of rotatable bonds is 3. The van der Waals surface area contributed by atoms with E-state index in [4.69, 9.17) is 16.3 Å². The first-order valence-electron chi connectivity index (χ1n) is 7.36. The number of carboxylic acids is 1. The maximum atomic E-state index is 12.8. The molecule has 1 aromatic carbocycles. The molecule has 6 nitrogen and oxygen atoms in total. The smallest absolute Gasteiger partial charge is 0.310 e. The van der Waals surface area contributed by atoms with Crippen molar-refractivity contribution in [3.05, 3.63) is 22.7 Å². The largest absolute Gasteiger partial charge is 0.489 e. The van der Waals surface area contributed by atoms with Crippen LogP contribution < -0.4 is 4.74 Å². The van der Waals surface area contributed by atoms with E-state index < -0.39 is 21.4 Å². The van der Waals surface area contributed by atoms with Crippen LogP contribution in [-0.4, -0.2) is 43.0 Å². The lowest BCUT2D eigenvalue weighted by Gasteiger charge is -2.20. The Hall–Kier alpha value is -1.31. The highest BCUT2D eigenvalue weighted by Gasteiger charge is 2.45. The van der Waals surface area contributed by atoms with E-state index in [2.05, 4.69) is 0 Å². The molecule has 0 amide bonds. The van der Waals surface area contributed by atoms with Crippen molar-refractivity contribution in [1.29, 1.82) is 0 Å². The lowest BCUT2D eigenvalue weighted by Crippen LogP contribution is -2.34. The highest BCUT2D eigenvalue weighted by molar-refractivity contribution is 7.89. The van der Waals surface area contributed by atoms with E-state index >= 15 is 0 Å². The van der Waals surface area contributed by atoms with Gasteiger partial charge in [-0.2, -0.15) is 4.31 Å². The predicted molar refractivity (Wildman–Crippen MR) is 84.4 cm³/mol. The molecule has 23 heavy (non-hydrogen) atoms. The van der Waals surface area contributed by atoms with Crippen LogP contribution in [0, 0.1) is 5.41 Å². The molecule has 2 atom stereocenters. The van der Waals surface area contributed by atoms with Crippen LogP contribution in [0.15, 0.2) is 17.0 Å². The van der Waals surface area contributed by atoms with Crippen LogP contribution in [0.4, 0.5) is 0 Å². The fraction of sp³-hybridized carbons (Fsp3) is 0.533. The molecule has 126 valence electrons. The summed E-state index contributed by atoms with van der Waals surface area (Å²) in [5, 5.41) is 9.54. The van der Waals surface area contributed by atoms with Gasteiger partial charge in [-0.1, -0.05) is 11.6 Å². The number of hydrogen-bond donors (Lipinski definition) is 1. The van der Waals surface area contributed by atoms with E-state index in [9.17, 15) is 18.3 Å². The average Bonchev–Trinajstić information content (AvgIpc) is 3.03. The van der Waals surface area contributed by atoms with E-state index in [0.717, 1.165) is 5.56 Å². The first-order valence-corrected chi connectivity index (χ1v) is 9.18. The summed E-state index contributed by atoms with van der Waals surface area (Å²) >= 11 is 6.16. The summed E-state index contributed by atoms with van der Waals surface area (Å²) < 4.78 is 32.4. The number of carboxylic acid groups (broad SMARTS) is 1. The van der Waals surface area contributed by atoms with E-state index in [1.54, 1.807) is 13.0 Å². The standard InChI is InChI=1S/C15H18ClNO5S/c1-9-5-10-6-11(7-12(16)13(10)22-9)23(20,21)17-4-3-15(2,8-17)14(18)19/h6-7,9H,3-5,8H2,1-2H3,(H,18,19). The zero-order valence-electron chi connectivity index (χ0n) is 12.9. The summed E-state index contributed by atoms with van der Waals surface area (Å²) in [6, 6.07) is 2.96. The molecule has 0 bridgehead atoms. The second-order valence-corrected chi connectivity index (χ2v) is 8.83. The minimum Gasteiger partial charge on any atom is -0.489 e. The topological polar surface area (TPSA) is 83.9 Å². The number of halogens is 1. The van der Waals surface area contributed by atoms with E-state index in [0.29, 0.717) is 18.6 Å². The molecule has 0 aliphatic carbocycles. The number of ether oxygens (including phenoxy) is 1. The number of sulfonamides is 1. The Morgan fingerprint density at radius 3 is 2.78 bits per heavy atom. The van der Waals surface area contributed by atoms with Crippen LogP contribution in [0.25, 0.3) is 0 Å². The number of carbonyl (C=O) groups is 1. The van der Waals surface area contributed by atoms with Gasteiger partial charge in [0.1, 0.15) is 11.9 Å². The van der Waals surface area contributed by atoms with Crippen molar-refractivity contribution in [2.45, 2.75) is 37.7 Å². The van der Waals surface area contributed by atoms with Gasteiger partial charge in [0.05, 0.1) is 15.3 Å². The van der Waals surface area contributed by atoms with Crippen LogP contribution in [0.1, 0.15) is 25.8 Å². The monoisotopic (exact) mass is 359 g/mol. The van der Waals surface area contributed by atoms with Crippen LogP contribution in [0.2, 0.25) is 5.02 Å². The molecule has 1 N–H and O–H groups in total. The van der Waals surface area contributed by atoms with E-state index in [1.807, 2.05) is 6.92 Å². The Morgan fingerprint density at radius 1 is 1.48 bits per heavy atom. The zero-order chi connectivity index (χ0) is 17.0. The predicted octanol–water partition coefficient (Wildman–Crippen LogP) is 2.15. The van der Waals surface area contributed by atoms with Gasteiger partial charge in [-0.3, -0.25) is 4.79 Å². The molecule has 2 aliphatic rings. The van der Waals surface area contributed by atoms with Crippen molar-refractivity contribution in [2.24, 2.45) is 5.41 Å². The molecule has 0 radical (unpaired) electrons. The van der Waals surface area contributed by atoms with Crippen molar-refractivity contribution in [2.75, 3.05) is 13.1 Å². The Bertz CT molecular complexity index is 778.